The molecule has 2 aromatic rings. The Bertz CT molecular complexity index is 928. The smallest absolute Gasteiger partial charge is 0.250 e. The highest BCUT2D eigenvalue weighted by Gasteiger charge is 2.29. The number of hydrogen-bond donors (Lipinski definition) is 2. The number of nitrogens with one attached hydrogen (secondary N) is 2. The Labute approximate surface area is 166 Å². The fourth-order valence-electron chi connectivity index (χ4n) is 3.09. The number of sulfonamides is 1. The molecule has 0 radical (unpaired) electrons. The SMILES string of the molecule is CC(C(=O)Nc1cc(F)ccc1F)N1CCC(NS(=O)(=O)c2cccs2)CC1. The van der Waals surface area contributed by atoms with Crippen molar-refractivity contribution < 1.29 is 22.0 Å². The van der Waals surface area contributed by atoms with Gasteiger partial charge in [-0.15, -0.1) is 11.3 Å². The quantitative estimate of drug-likeness (QED) is 0.740. The first kappa shape index (κ1) is 20.8. The molecule has 0 spiro atoms. The van der Waals surface area contributed by atoms with Gasteiger partial charge in [-0.25, -0.2) is 21.9 Å². The summed E-state index contributed by atoms with van der Waals surface area (Å²) in [6.45, 7) is 2.71. The number of likely N-dealkylation sites (tertiary alicyclic amines) is 1. The van der Waals surface area contributed by atoms with Crippen molar-refractivity contribution >= 4 is 33.0 Å². The average Bonchev–Trinajstić information content (AvgIpc) is 3.20. The van der Waals surface area contributed by atoms with Crippen molar-refractivity contribution in [2.24, 2.45) is 0 Å². The number of anilines is 1. The molecule has 1 fully saturated rings. The minimum Gasteiger partial charge on any atom is -0.322 e. The lowest BCUT2D eigenvalue weighted by molar-refractivity contribution is -0.121. The predicted molar refractivity (Wildman–Crippen MR) is 104 cm³/mol. The number of amides is 1. The lowest BCUT2D eigenvalue weighted by atomic mass is 10.0. The molecule has 1 aromatic carbocycles. The van der Waals surface area contributed by atoms with E-state index < -0.39 is 33.6 Å². The van der Waals surface area contributed by atoms with Crippen LogP contribution in [0.5, 0.6) is 0 Å². The van der Waals surface area contributed by atoms with Crippen LogP contribution in [0.2, 0.25) is 0 Å². The van der Waals surface area contributed by atoms with Crippen LogP contribution in [-0.2, 0) is 14.8 Å². The van der Waals surface area contributed by atoms with E-state index in [-0.39, 0.29) is 15.9 Å². The van der Waals surface area contributed by atoms with Gasteiger partial charge in [0, 0.05) is 25.2 Å². The maximum atomic E-state index is 13.7. The van der Waals surface area contributed by atoms with Crippen molar-refractivity contribution in [3.8, 4) is 0 Å². The van der Waals surface area contributed by atoms with Crippen LogP contribution in [0.3, 0.4) is 0 Å². The summed E-state index contributed by atoms with van der Waals surface area (Å²) < 4.78 is 54.5. The van der Waals surface area contributed by atoms with Crippen LogP contribution in [0.1, 0.15) is 19.8 Å². The maximum Gasteiger partial charge on any atom is 0.250 e. The second-order valence-electron chi connectivity index (χ2n) is 6.65. The number of hydrogen-bond acceptors (Lipinski definition) is 5. The van der Waals surface area contributed by atoms with Crippen molar-refractivity contribution in [2.45, 2.75) is 36.1 Å². The molecule has 3 rings (SSSR count). The number of benzene rings is 1. The molecule has 1 unspecified atom stereocenters. The monoisotopic (exact) mass is 429 g/mol. The number of rotatable bonds is 6. The van der Waals surface area contributed by atoms with E-state index in [1.807, 2.05) is 4.90 Å². The molecule has 0 saturated carbocycles. The zero-order valence-electron chi connectivity index (χ0n) is 15.2. The van der Waals surface area contributed by atoms with E-state index in [0.717, 1.165) is 29.5 Å². The Morgan fingerprint density at radius 3 is 2.61 bits per heavy atom. The van der Waals surface area contributed by atoms with E-state index in [1.54, 1.807) is 24.4 Å². The van der Waals surface area contributed by atoms with Crippen LogP contribution < -0.4 is 10.0 Å². The van der Waals surface area contributed by atoms with Crippen LogP contribution >= 0.6 is 11.3 Å². The highest BCUT2D eigenvalue weighted by Crippen LogP contribution is 2.21. The Balaban J connectivity index is 1.54. The van der Waals surface area contributed by atoms with Gasteiger partial charge in [0.1, 0.15) is 15.8 Å². The van der Waals surface area contributed by atoms with Crippen molar-refractivity contribution in [3.05, 3.63) is 47.3 Å². The molecule has 2 N–H and O–H groups in total. The average molecular weight is 430 g/mol. The molecule has 1 aliphatic rings. The first-order chi connectivity index (χ1) is 13.3. The van der Waals surface area contributed by atoms with Crippen LogP contribution in [0.15, 0.2) is 39.9 Å². The molecule has 2 heterocycles. The summed E-state index contributed by atoms with van der Waals surface area (Å²) in [6, 6.07) is 5.35. The fraction of sp³-hybridized carbons (Fsp3) is 0.389. The largest absolute Gasteiger partial charge is 0.322 e. The minimum atomic E-state index is -3.53. The molecule has 6 nitrogen and oxygen atoms in total. The first-order valence-corrected chi connectivity index (χ1v) is 11.2. The van der Waals surface area contributed by atoms with Crippen LogP contribution in [-0.4, -0.2) is 44.4 Å². The number of nitrogens with zero attached hydrogens (tertiary/aromatic N) is 1. The number of carbonyl (C=O) groups is 1. The van der Waals surface area contributed by atoms with Crippen molar-refractivity contribution in [2.75, 3.05) is 18.4 Å². The zero-order chi connectivity index (χ0) is 20.3. The number of halogens is 2. The molecule has 1 aliphatic heterocycles. The van der Waals surface area contributed by atoms with Gasteiger partial charge in [-0.3, -0.25) is 9.69 Å². The van der Waals surface area contributed by atoms with E-state index >= 15 is 0 Å². The van der Waals surface area contributed by atoms with E-state index in [9.17, 15) is 22.0 Å². The fourth-order valence-corrected chi connectivity index (χ4v) is 5.41. The van der Waals surface area contributed by atoms with Crippen LogP contribution in [0, 0.1) is 11.6 Å². The molecule has 1 atom stereocenters. The van der Waals surface area contributed by atoms with Crippen molar-refractivity contribution in [1.29, 1.82) is 0 Å². The van der Waals surface area contributed by atoms with Gasteiger partial charge in [-0.2, -0.15) is 0 Å². The van der Waals surface area contributed by atoms with Gasteiger partial charge in [0.15, 0.2) is 0 Å². The normalized spacial score (nSPS) is 17.4. The highest BCUT2D eigenvalue weighted by molar-refractivity contribution is 7.91. The maximum absolute atomic E-state index is 13.7. The summed E-state index contributed by atoms with van der Waals surface area (Å²) in [7, 11) is -3.53. The zero-order valence-corrected chi connectivity index (χ0v) is 16.8. The number of piperidine rings is 1. The number of carbonyl (C=O) groups excluding carboxylic acids is 1. The van der Waals surface area contributed by atoms with Gasteiger partial charge in [-0.05, 0) is 43.3 Å². The molecular formula is C18H21F2N3O3S2. The Hall–Kier alpha value is -1.88. The second-order valence-corrected chi connectivity index (χ2v) is 9.54. The standard InChI is InChI=1S/C18H21F2N3O3S2/c1-12(18(24)21-16-11-13(19)4-5-15(16)20)23-8-6-14(7-9-23)22-28(25,26)17-3-2-10-27-17/h2-5,10-12,14,22H,6-9H2,1H3,(H,21,24). The van der Waals surface area contributed by atoms with Crippen LogP contribution in [0.25, 0.3) is 0 Å². The Kier molecular flexibility index (Phi) is 6.43. The number of thiophene rings is 1. The molecule has 1 aromatic heterocycles. The van der Waals surface area contributed by atoms with Gasteiger partial charge in [-0.1, -0.05) is 6.07 Å². The van der Waals surface area contributed by atoms with Gasteiger partial charge < -0.3 is 5.32 Å². The van der Waals surface area contributed by atoms with Gasteiger partial charge in [0.05, 0.1) is 11.7 Å². The molecule has 10 heteroatoms. The molecule has 152 valence electrons. The molecule has 1 amide bonds. The molecule has 0 bridgehead atoms. The molecule has 0 aliphatic carbocycles. The van der Waals surface area contributed by atoms with E-state index in [4.69, 9.17) is 0 Å². The Morgan fingerprint density at radius 1 is 1.25 bits per heavy atom. The lowest BCUT2D eigenvalue weighted by Crippen LogP contribution is -2.50. The van der Waals surface area contributed by atoms with E-state index in [0.29, 0.717) is 25.9 Å². The first-order valence-electron chi connectivity index (χ1n) is 8.82. The van der Waals surface area contributed by atoms with Crippen LogP contribution in [0.4, 0.5) is 14.5 Å². The summed E-state index contributed by atoms with van der Waals surface area (Å²) in [5.41, 5.74) is -0.199. The summed E-state index contributed by atoms with van der Waals surface area (Å²) in [5.74, 6) is -1.78. The molecule has 1 saturated heterocycles. The second kappa shape index (κ2) is 8.64. The van der Waals surface area contributed by atoms with Crippen molar-refractivity contribution in [3.63, 3.8) is 0 Å². The summed E-state index contributed by atoms with van der Waals surface area (Å²) in [4.78, 5) is 14.3. The minimum absolute atomic E-state index is 0.199. The van der Waals surface area contributed by atoms with E-state index in [1.165, 1.54) is 0 Å². The summed E-state index contributed by atoms with van der Waals surface area (Å²) in [5, 5.41) is 4.12. The molecular weight excluding hydrogens is 408 g/mol. The Morgan fingerprint density at radius 2 is 1.96 bits per heavy atom. The third kappa shape index (κ3) is 4.93. The van der Waals surface area contributed by atoms with Crippen molar-refractivity contribution in [1.82, 2.24) is 9.62 Å². The summed E-state index contributed by atoms with van der Waals surface area (Å²) >= 11 is 1.16. The van der Waals surface area contributed by atoms with Gasteiger partial charge in [0.25, 0.3) is 0 Å². The van der Waals surface area contributed by atoms with E-state index in [2.05, 4.69) is 10.0 Å². The lowest BCUT2D eigenvalue weighted by Gasteiger charge is -2.35. The predicted octanol–water partition coefficient (Wildman–Crippen LogP) is 2.80. The highest BCUT2D eigenvalue weighted by atomic mass is 32.2. The van der Waals surface area contributed by atoms with Gasteiger partial charge >= 0.3 is 0 Å². The third-order valence-electron chi connectivity index (χ3n) is 4.72. The molecule has 28 heavy (non-hydrogen) atoms. The third-order valence-corrected chi connectivity index (χ3v) is 7.64. The topological polar surface area (TPSA) is 78.5 Å². The summed E-state index contributed by atoms with van der Waals surface area (Å²) in [6.07, 6.45) is 1.10. The van der Waals surface area contributed by atoms with Gasteiger partial charge in [0.2, 0.25) is 15.9 Å².